The number of halogens is 1. The fraction of sp³-hybridized carbons (Fsp3) is 0.455. The third-order valence-electron chi connectivity index (χ3n) is 4.76. The molecular formula is C22H27FN2O2. The van der Waals surface area contributed by atoms with E-state index in [1.165, 1.54) is 12.1 Å². The summed E-state index contributed by atoms with van der Waals surface area (Å²) in [5.41, 5.74) is 3.53. The van der Waals surface area contributed by atoms with Crippen molar-refractivity contribution in [1.29, 1.82) is 0 Å². The van der Waals surface area contributed by atoms with Crippen LogP contribution < -0.4 is 0 Å². The van der Waals surface area contributed by atoms with E-state index in [9.17, 15) is 9.18 Å². The Morgan fingerprint density at radius 3 is 2.56 bits per heavy atom. The quantitative estimate of drug-likeness (QED) is 0.719. The second-order valence-electron chi connectivity index (χ2n) is 8.20. The van der Waals surface area contributed by atoms with Crippen LogP contribution in [0.1, 0.15) is 50.8 Å². The van der Waals surface area contributed by atoms with Crippen LogP contribution in [-0.2, 0) is 4.74 Å². The first-order valence-electron chi connectivity index (χ1n) is 9.43. The van der Waals surface area contributed by atoms with Crippen molar-refractivity contribution in [3.8, 4) is 11.1 Å². The molecule has 1 saturated heterocycles. The molecule has 0 N–H and O–H groups in total. The predicted molar refractivity (Wildman–Crippen MR) is 104 cm³/mol. The van der Waals surface area contributed by atoms with E-state index in [-0.39, 0.29) is 17.8 Å². The summed E-state index contributed by atoms with van der Waals surface area (Å²) in [4.78, 5) is 18.9. The number of carbonyl (C=O) groups is 1. The molecule has 1 fully saturated rings. The Hall–Kier alpha value is -2.43. The van der Waals surface area contributed by atoms with Crippen molar-refractivity contribution >= 4 is 6.09 Å². The number of aryl methyl sites for hydroxylation is 1. The lowest BCUT2D eigenvalue weighted by molar-refractivity contribution is 0.0197. The number of ether oxygens (including phenoxy) is 1. The molecule has 1 atom stereocenters. The highest BCUT2D eigenvalue weighted by Gasteiger charge is 2.29. The monoisotopic (exact) mass is 370 g/mol. The Balaban J connectivity index is 1.75. The SMILES string of the molecule is Cc1cc(-c2ccc(F)cc2)cnc1[C@H]1CCCN(C(=O)OC(C)(C)C)C1. The molecule has 3 rings (SSSR count). The maximum Gasteiger partial charge on any atom is 0.410 e. The van der Waals surface area contributed by atoms with Gasteiger partial charge in [-0.25, -0.2) is 9.18 Å². The molecular weight excluding hydrogens is 343 g/mol. The van der Waals surface area contributed by atoms with Gasteiger partial charge < -0.3 is 9.64 Å². The minimum atomic E-state index is -0.491. The molecule has 5 heteroatoms. The minimum Gasteiger partial charge on any atom is -0.444 e. The van der Waals surface area contributed by atoms with Gasteiger partial charge in [-0.2, -0.15) is 0 Å². The number of rotatable bonds is 2. The van der Waals surface area contributed by atoms with Crippen molar-refractivity contribution < 1.29 is 13.9 Å². The molecule has 0 unspecified atom stereocenters. The van der Waals surface area contributed by atoms with Gasteiger partial charge in [0.25, 0.3) is 0 Å². The number of hydrogen-bond donors (Lipinski definition) is 0. The normalized spacial score (nSPS) is 17.7. The van der Waals surface area contributed by atoms with Gasteiger partial charge in [0.15, 0.2) is 0 Å². The molecule has 144 valence electrons. The van der Waals surface area contributed by atoms with Gasteiger partial charge in [-0.1, -0.05) is 12.1 Å². The smallest absolute Gasteiger partial charge is 0.410 e. The lowest BCUT2D eigenvalue weighted by atomic mass is 9.91. The van der Waals surface area contributed by atoms with Gasteiger partial charge in [-0.05, 0) is 69.9 Å². The van der Waals surface area contributed by atoms with Gasteiger partial charge in [-0.3, -0.25) is 4.98 Å². The molecule has 0 saturated carbocycles. The first-order chi connectivity index (χ1) is 12.7. The summed E-state index contributed by atoms with van der Waals surface area (Å²) in [5, 5.41) is 0. The molecule has 27 heavy (non-hydrogen) atoms. The fourth-order valence-corrected chi connectivity index (χ4v) is 3.51. The van der Waals surface area contributed by atoms with Crippen LogP contribution in [0.25, 0.3) is 11.1 Å². The van der Waals surface area contributed by atoms with E-state index in [0.29, 0.717) is 6.54 Å². The maximum absolute atomic E-state index is 13.1. The summed E-state index contributed by atoms with van der Waals surface area (Å²) in [6, 6.07) is 8.52. The summed E-state index contributed by atoms with van der Waals surface area (Å²) in [7, 11) is 0. The van der Waals surface area contributed by atoms with Gasteiger partial charge >= 0.3 is 6.09 Å². The first kappa shape index (κ1) is 19.3. The molecule has 2 aromatic rings. The predicted octanol–water partition coefficient (Wildman–Crippen LogP) is 5.31. The Morgan fingerprint density at radius 1 is 1.22 bits per heavy atom. The van der Waals surface area contributed by atoms with Crippen LogP contribution in [0.5, 0.6) is 0 Å². The Morgan fingerprint density at radius 2 is 1.93 bits per heavy atom. The molecule has 4 nitrogen and oxygen atoms in total. The molecule has 0 aliphatic carbocycles. The largest absolute Gasteiger partial charge is 0.444 e. The van der Waals surface area contributed by atoms with E-state index in [4.69, 9.17) is 9.72 Å². The fourth-order valence-electron chi connectivity index (χ4n) is 3.51. The highest BCUT2D eigenvalue weighted by Crippen LogP contribution is 2.30. The zero-order valence-corrected chi connectivity index (χ0v) is 16.5. The summed E-state index contributed by atoms with van der Waals surface area (Å²) >= 11 is 0. The summed E-state index contributed by atoms with van der Waals surface area (Å²) in [5.74, 6) is -0.0435. The number of aromatic nitrogens is 1. The summed E-state index contributed by atoms with van der Waals surface area (Å²) in [6.45, 7) is 9.03. The topological polar surface area (TPSA) is 42.4 Å². The lowest BCUT2D eigenvalue weighted by Gasteiger charge is -2.34. The van der Waals surface area contributed by atoms with E-state index in [1.54, 1.807) is 17.0 Å². The van der Waals surface area contributed by atoms with E-state index < -0.39 is 5.60 Å². The van der Waals surface area contributed by atoms with Crippen molar-refractivity contribution in [2.75, 3.05) is 13.1 Å². The number of amides is 1. The third-order valence-corrected chi connectivity index (χ3v) is 4.76. The van der Waals surface area contributed by atoms with Gasteiger partial charge in [0.05, 0.1) is 0 Å². The van der Waals surface area contributed by atoms with Crippen molar-refractivity contribution in [3.05, 3.63) is 53.6 Å². The third kappa shape index (κ3) is 4.85. The number of piperidine rings is 1. The second-order valence-corrected chi connectivity index (χ2v) is 8.20. The van der Waals surface area contributed by atoms with E-state index in [0.717, 1.165) is 41.8 Å². The molecule has 1 amide bonds. The first-order valence-corrected chi connectivity index (χ1v) is 9.43. The maximum atomic E-state index is 13.1. The zero-order chi connectivity index (χ0) is 19.6. The molecule has 0 radical (unpaired) electrons. The van der Waals surface area contributed by atoms with Gasteiger partial charge in [0.2, 0.25) is 0 Å². The number of likely N-dealkylation sites (tertiary alicyclic amines) is 1. The molecule has 1 aromatic carbocycles. The van der Waals surface area contributed by atoms with E-state index in [2.05, 4.69) is 6.07 Å². The lowest BCUT2D eigenvalue weighted by Crippen LogP contribution is -2.42. The second kappa shape index (κ2) is 7.67. The number of nitrogens with zero attached hydrogens (tertiary/aromatic N) is 2. The highest BCUT2D eigenvalue weighted by atomic mass is 19.1. The number of hydrogen-bond acceptors (Lipinski definition) is 3. The van der Waals surface area contributed by atoms with Crippen molar-refractivity contribution in [1.82, 2.24) is 9.88 Å². The average molecular weight is 370 g/mol. The highest BCUT2D eigenvalue weighted by molar-refractivity contribution is 5.68. The summed E-state index contributed by atoms with van der Waals surface area (Å²) < 4.78 is 18.6. The molecule has 1 aliphatic heterocycles. The van der Waals surface area contributed by atoms with Crippen LogP contribution >= 0.6 is 0 Å². The minimum absolute atomic E-state index is 0.202. The number of carbonyl (C=O) groups excluding carboxylic acids is 1. The Labute approximate surface area is 160 Å². The van der Waals surface area contributed by atoms with E-state index >= 15 is 0 Å². The molecule has 1 aromatic heterocycles. The average Bonchev–Trinajstić information content (AvgIpc) is 2.61. The van der Waals surface area contributed by atoms with Gasteiger partial charge in [-0.15, -0.1) is 0 Å². The number of pyridine rings is 1. The molecule has 0 bridgehead atoms. The van der Waals surface area contributed by atoms with Crippen molar-refractivity contribution in [3.63, 3.8) is 0 Å². The summed E-state index contributed by atoms with van der Waals surface area (Å²) in [6.07, 6.45) is 3.52. The standard InChI is InChI=1S/C22H27FN2O2/c1-15-12-18(16-7-9-19(23)10-8-16)13-24-20(15)17-6-5-11-25(14-17)21(26)27-22(2,3)4/h7-10,12-13,17H,5-6,11,14H2,1-4H3/t17-/m0/s1. The zero-order valence-electron chi connectivity index (χ0n) is 16.5. The van der Waals surface area contributed by atoms with Crippen LogP contribution in [0.2, 0.25) is 0 Å². The van der Waals surface area contributed by atoms with Crippen LogP contribution in [0.3, 0.4) is 0 Å². The molecule has 2 heterocycles. The molecule has 0 spiro atoms. The van der Waals surface area contributed by atoms with Crippen molar-refractivity contribution in [2.45, 2.75) is 52.1 Å². The Kier molecular flexibility index (Phi) is 5.49. The van der Waals surface area contributed by atoms with Crippen LogP contribution in [0, 0.1) is 12.7 Å². The molecule has 1 aliphatic rings. The van der Waals surface area contributed by atoms with Gasteiger partial charge in [0.1, 0.15) is 11.4 Å². The number of benzene rings is 1. The van der Waals surface area contributed by atoms with Gasteiger partial charge in [0, 0.05) is 36.5 Å². The van der Waals surface area contributed by atoms with Crippen molar-refractivity contribution in [2.24, 2.45) is 0 Å². The van der Waals surface area contributed by atoms with Crippen LogP contribution in [0.4, 0.5) is 9.18 Å². The van der Waals surface area contributed by atoms with Crippen LogP contribution in [-0.4, -0.2) is 34.7 Å². The van der Waals surface area contributed by atoms with E-state index in [1.807, 2.05) is 33.9 Å². The van der Waals surface area contributed by atoms with Crippen LogP contribution in [0.15, 0.2) is 36.5 Å². The Bertz CT molecular complexity index is 812.